The second kappa shape index (κ2) is 5.10. The van der Waals surface area contributed by atoms with Gasteiger partial charge in [-0.05, 0) is 19.8 Å². The van der Waals surface area contributed by atoms with Crippen LogP contribution < -0.4 is 11.1 Å². The molecule has 1 aliphatic heterocycles. The van der Waals surface area contributed by atoms with Gasteiger partial charge >= 0.3 is 0 Å². The Morgan fingerprint density at radius 2 is 2.22 bits per heavy atom. The highest BCUT2D eigenvalue weighted by atomic mass is 16.5. The van der Waals surface area contributed by atoms with Gasteiger partial charge in [0.25, 0.3) is 0 Å². The lowest BCUT2D eigenvalue weighted by molar-refractivity contribution is 0.0539. The second-order valence-corrected chi connectivity index (χ2v) is 5.53. The third-order valence-electron chi connectivity index (χ3n) is 3.15. The van der Waals surface area contributed by atoms with Crippen LogP contribution in [-0.4, -0.2) is 28.7 Å². The highest BCUT2D eigenvalue weighted by molar-refractivity contribution is 5.46. The van der Waals surface area contributed by atoms with Gasteiger partial charge in [0.1, 0.15) is 17.5 Å². The lowest BCUT2D eigenvalue weighted by atomic mass is 9.95. The Kier molecular flexibility index (Phi) is 3.71. The lowest BCUT2D eigenvalue weighted by Gasteiger charge is -2.34. The minimum absolute atomic E-state index is 0.0622. The van der Waals surface area contributed by atoms with Gasteiger partial charge in [-0.2, -0.15) is 0 Å². The minimum atomic E-state index is -0.0622. The van der Waals surface area contributed by atoms with E-state index in [1.807, 2.05) is 0 Å². The van der Waals surface area contributed by atoms with E-state index < -0.39 is 0 Å². The van der Waals surface area contributed by atoms with Crippen molar-refractivity contribution in [3.05, 3.63) is 11.9 Å². The molecule has 5 nitrogen and oxygen atoms in total. The Balaban J connectivity index is 2.17. The van der Waals surface area contributed by atoms with Crippen LogP contribution >= 0.6 is 0 Å². The molecule has 1 aliphatic rings. The van der Waals surface area contributed by atoms with Gasteiger partial charge in [-0.3, -0.25) is 0 Å². The smallest absolute Gasteiger partial charge is 0.135 e. The Morgan fingerprint density at radius 1 is 1.44 bits per heavy atom. The number of anilines is 2. The molecule has 3 N–H and O–H groups in total. The van der Waals surface area contributed by atoms with Crippen LogP contribution in [0.15, 0.2) is 6.07 Å². The van der Waals surface area contributed by atoms with Crippen LogP contribution in [0.25, 0.3) is 0 Å². The van der Waals surface area contributed by atoms with Gasteiger partial charge in [-0.1, -0.05) is 13.8 Å². The number of ether oxygens (including phenoxy) is 1. The summed E-state index contributed by atoms with van der Waals surface area (Å²) in [6.07, 6.45) is 2.15. The van der Waals surface area contributed by atoms with Gasteiger partial charge in [-0.15, -0.1) is 0 Å². The SMILES string of the molecule is CC(C)c1nc(N)cc(NC2(C)CCCOC2)n1. The molecule has 1 fully saturated rings. The molecule has 1 unspecified atom stereocenters. The lowest BCUT2D eigenvalue weighted by Crippen LogP contribution is -2.43. The van der Waals surface area contributed by atoms with Crippen LogP contribution in [0.2, 0.25) is 0 Å². The first-order chi connectivity index (χ1) is 8.48. The number of hydrogen-bond donors (Lipinski definition) is 2. The van der Waals surface area contributed by atoms with Crippen molar-refractivity contribution < 1.29 is 4.74 Å². The monoisotopic (exact) mass is 250 g/mol. The fourth-order valence-corrected chi connectivity index (χ4v) is 2.15. The average Bonchev–Trinajstić information content (AvgIpc) is 2.28. The van der Waals surface area contributed by atoms with E-state index in [1.54, 1.807) is 6.07 Å². The molecule has 0 aromatic carbocycles. The fraction of sp³-hybridized carbons (Fsp3) is 0.692. The van der Waals surface area contributed by atoms with E-state index in [9.17, 15) is 0 Å². The molecule has 0 radical (unpaired) electrons. The van der Waals surface area contributed by atoms with Crippen molar-refractivity contribution in [3.8, 4) is 0 Å². The van der Waals surface area contributed by atoms with E-state index in [4.69, 9.17) is 10.5 Å². The molecule has 1 aromatic heterocycles. The molecular formula is C13H22N4O. The van der Waals surface area contributed by atoms with E-state index >= 15 is 0 Å². The van der Waals surface area contributed by atoms with E-state index in [1.165, 1.54) is 0 Å². The third-order valence-corrected chi connectivity index (χ3v) is 3.15. The maximum absolute atomic E-state index is 5.82. The number of nitrogens with one attached hydrogen (secondary N) is 1. The van der Waals surface area contributed by atoms with Crippen LogP contribution in [0.1, 0.15) is 45.4 Å². The van der Waals surface area contributed by atoms with Gasteiger partial charge < -0.3 is 15.8 Å². The molecule has 2 heterocycles. The molecule has 18 heavy (non-hydrogen) atoms. The Morgan fingerprint density at radius 3 is 2.83 bits per heavy atom. The first kappa shape index (κ1) is 13.1. The van der Waals surface area contributed by atoms with Crippen LogP contribution in [0.3, 0.4) is 0 Å². The number of aromatic nitrogens is 2. The zero-order valence-electron chi connectivity index (χ0n) is 11.4. The van der Waals surface area contributed by atoms with Crippen molar-refractivity contribution >= 4 is 11.6 Å². The molecule has 100 valence electrons. The summed E-state index contributed by atoms with van der Waals surface area (Å²) in [5.41, 5.74) is 5.76. The van der Waals surface area contributed by atoms with E-state index in [-0.39, 0.29) is 11.5 Å². The fourth-order valence-electron chi connectivity index (χ4n) is 2.15. The van der Waals surface area contributed by atoms with Crippen molar-refractivity contribution in [2.24, 2.45) is 0 Å². The topological polar surface area (TPSA) is 73.1 Å². The quantitative estimate of drug-likeness (QED) is 0.860. The number of nitrogens with two attached hydrogens (primary N) is 1. The van der Waals surface area contributed by atoms with Crippen LogP contribution in [-0.2, 0) is 4.74 Å². The van der Waals surface area contributed by atoms with Gasteiger partial charge in [0, 0.05) is 18.6 Å². The molecule has 0 bridgehead atoms. The van der Waals surface area contributed by atoms with Crippen molar-refractivity contribution in [2.45, 2.75) is 45.1 Å². The van der Waals surface area contributed by atoms with Crippen molar-refractivity contribution in [3.63, 3.8) is 0 Å². The summed E-state index contributed by atoms with van der Waals surface area (Å²) in [6, 6.07) is 1.78. The summed E-state index contributed by atoms with van der Waals surface area (Å²) in [6.45, 7) is 7.82. The summed E-state index contributed by atoms with van der Waals surface area (Å²) in [4.78, 5) is 8.76. The highest BCUT2D eigenvalue weighted by Gasteiger charge is 2.28. The zero-order valence-corrected chi connectivity index (χ0v) is 11.4. The van der Waals surface area contributed by atoms with Gasteiger partial charge in [0.05, 0.1) is 12.1 Å². The molecule has 0 amide bonds. The van der Waals surface area contributed by atoms with E-state index in [0.29, 0.717) is 12.4 Å². The van der Waals surface area contributed by atoms with Crippen molar-refractivity contribution in [1.29, 1.82) is 0 Å². The first-order valence-electron chi connectivity index (χ1n) is 6.49. The molecular weight excluding hydrogens is 228 g/mol. The molecule has 1 atom stereocenters. The first-order valence-corrected chi connectivity index (χ1v) is 6.49. The molecule has 0 aliphatic carbocycles. The standard InChI is InChI=1S/C13H22N4O/c1-9(2)12-15-10(14)7-11(16-12)17-13(3)5-4-6-18-8-13/h7,9H,4-6,8H2,1-3H3,(H3,14,15,16,17). The molecule has 5 heteroatoms. The maximum atomic E-state index is 5.82. The number of nitrogens with zero attached hydrogens (tertiary/aromatic N) is 2. The predicted octanol–water partition coefficient (Wildman–Crippen LogP) is 2.16. The summed E-state index contributed by atoms with van der Waals surface area (Å²) in [5, 5.41) is 3.44. The summed E-state index contributed by atoms with van der Waals surface area (Å²) >= 11 is 0. The zero-order chi connectivity index (χ0) is 13.2. The van der Waals surface area contributed by atoms with E-state index in [0.717, 1.165) is 31.1 Å². The third kappa shape index (κ3) is 3.10. The van der Waals surface area contributed by atoms with Crippen LogP contribution in [0.5, 0.6) is 0 Å². The largest absolute Gasteiger partial charge is 0.384 e. The van der Waals surface area contributed by atoms with Gasteiger partial charge in [0.15, 0.2) is 0 Å². The Bertz CT molecular complexity index is 413. The summed E-state index contributed by atoms with van der Waals surface area (Å²) in [7, 11) is 0. The van der Waals surface area contributed by atoms with Gasteiger partial charge in [0.2, 0.25) is 0 Å². The molecule has 1 aromatic rings. The van der Waals surface area contributed by atoms with E-state index in [2.05, 4.69) is 36.1 Å². The van der Waals surface area contributed by atoms with Crippen LogP contribution in [0, 0.1) is 0 Å². The predicted molar refractivity (Wildman–Crippen MR) is 72.6 cm³/mol. The normalized spacial score (nSPS) is 24.2. The van der Waals surface area contributed by atoms with Crippen molar-refractivity contribution in [1.82, 2.24) is 9.97 Å². The average molecular weight is 250 g/mol. The number of hydrogen-bond acceptors (Lipinski definition) is 5. The highest BCUT2D eigenvalue weighted by Crippen LogP contribution is 2.24. The summed E-state index contributed by atoms with van der Waals surface area (Å²) in [5.74, 6) is 2.35. The van der Waals surface area contributed by atoms with Gasteiger partial charge in [-0.25, -0.2) is 9.97 Å². The molecule has 2 rings (SSSR count). The maximum Gasteiger partial charge on any atom is 0.135 e. The summed E-state index contributed by atoms with van der Waals surface area (Å²) < 4.78 is 5.53. The molecule has 1 saturated heterocycles. The number of nitrogen functional groups attached to an aromatic ring is 1. The number of rotatable bonds is 3. The molecule has 0 spiro atoms. The Labute approximate surface area is 108 Å². The Hall–Kier alpha value is -1.36. The second-order valence-electron chi connectivity index (χ2n) is 5.53. The van der Waals surface area contributed by atoms with Crippen molar-refractivity contribution in [2.75, 3.05) is 24.3 Å². The minimum Gasteiger partial charge on any atom is -0.384 e. The van der Waals surface area contributed by atoms with Crippen LogP contribution in [0.4, 0.5) is 11.6 Å². The molecule has 0 saturated carbocycles.